The minimum absolute atomic E-state index is 0.0854. The van der Waals surface area contributed by atoms with Crippen LogP contribution in [-0.4, -0.2) is 26.5 Å². The van der Waals surface area contributed by atoms with Gasteiger partial charge in [-0.05, 0) is 31.9 Å². The number of nitrogens with two attached hydrogens (primary N) is 1. The van der Waals surface area contributed by atoms with E-state index in [1.165, 1.54) is 0 Å². The zero-order valence-corrected chi connectivity index (χ0v) is 13.4. The molecule has 0 unspecified atom stereocenters. The molecule has 0 fully saturated rings. The third-order valence-corrected chi connectivity index (χ3v) is 3.97. The number of nitrogen functional groups attached to an aromatic ring is 1. The van der Waals surface area contributed by atoms with Gasteiger partial charge in [0, 0.05) is 5.69 Å². The molecule has 0 saturated carbocycles. The fraction of sp³-hybridized carbons (Fsp3) is 0.286. The highest BCUT2D eigenvalue weighted by molar-refractivity contribution is 7.99. The molecule has 1 aromatic heterocycles. The number of aromatic nitrogens is 3. The number of hydrogen-bond donors (Lipinski definition) is 2. The molecule has 0 bridgehead atoms. The molecule has 116 valence electrons. The molecule has 0 saturated heterocycles. The van der Waals surface area contributed by atoms with E-state index < -0.39 is 5.56 Å². The standard InChI is InChI=1S/C14H17N5O2S/c1-8-4-9(2)13(10(3)5-8)17-11(20)7-22-14-18-16-6-12(21)19(14)15/h4-6H,7,15H2,1-3H3,(H,17,20). The fourth-order valence-corrected chi connectivity index (χ4v) is 2.78. The van der Waals surface area contributed by atoms with Crippen LogP contribution in [0.3, 0.4) is 0 Å². The molecular formula is C14H17N5O2S. The molecule has 1 aromatic carbocycles. The average molecular weight is 319 g/mol. The predicted octanol–water partition coefficient (Wildman–Crippen LogP) is 1.01. The molecule has 0 atom stereocenters. The molecule has 0 aliphatic rings. The van der Waals surface area contributed by atoms with Crippen LogP contribution < -0.4 is 16.7 Å². The maximum Gasteiger partial charge on any atom is 0.291 e. The lowest BCUT2D eigenvalue weighted by molar-refractivity contribution is -0.113. The summed E-state index contributed by atoms with van der Waals surface area (Å²) in [6.45, 7) is 5.90. The molecule has 0 aliphatic heterocycles. The van der Waals surface area contributed by atoms with E-state index >= 15 is 0 Å². The number of rotatable bonds is 4. The lowest BCUT2D eigenvalue weighted by atomic mass is 10.1. The van der Waals surface area contributed by atoms with Crippen molar-refractivity contribution in [1.29, 1.82) is 0 Å². The smallest absolute Gasteiger partial charge is 0.291 e. The molecule has 3 N–H and O–H groups in total. The van der Waals surface area contributed by atoms with Crippen molar-refractivity contribution >= 4 is 23.4 Å². The van der Waals surface area contributed by atoms with Gasteiger partial charge in [-0.25, -0.2) is 0 Å². The monoisotopic (exact) mass is 319 g/mol. The third kappa shape index (κ3) is 3.64. The summed E-state index contributed by atoms with van der Waals surface area (Å²) in [7, 11) is 0. The summed E-state index contributed by atoms with van der Waals surface area (Å²) >= 11 is 1.06. The van der Waals surface area contributed by atoms with Crippen molar-refractivity contribution in [2.75, 3.05) is 16.9 Å². The lowest BCUT2D eigenvalue weighted by Crippen LogP contribution is -2.30. The van der Waals surface area contributed by atoms with E-state index in [0.29, 0.717) is 0 Å². The molecule has 1 amide bonds. The van der Waals surface area contributed by atoms with Crippen molar-refractivity contribution in [1.82, 2.24) is 14.9 Å². The van der Waals surface area contributed by atoms with Crippen molar-refractivity contribution in [2.45, 2.75) is 25.9 Å². The van der Waals surface area contributed by atoms with Crippen LogP contribution in [0.25, 0.3) is 0 Å². The van der Waals surface area contributed by atoms with E-state index in [9.17, 15) is 9.59 Å². The summed E-state index contributed by atoms with van der Waals surface area (Å²) in [5, 5.41) is 10.3. The predicted molar refractivity (Wildman–Crippen MR) is 86.4 cm³/mol. The maximum absolute atomic E-state index is 12.1. The zero-order chi connectivity index (χ0) is 16.3. The number of amides is 1. The Labute approximate surface area is 131 Å². The molecule has 0 radical (unpaired) electrons. The molecule has 8 heteroatoms. The molecule has 7 nitrogen and oxygen atoms in total. The van der Waals surface area contributed by atoms with Crippen LogP contribution in [-0.2, 0) is 4.79 Å². The van der Waals surface area contributed by atoms with Crippen LogP contribution in [0.5, 0.6) is 0 Å². The first-order valence-electron chi connectivity index (χ1n) is 6.59. The molecule has 2 rings (SSSR count). The SMILES string of the molecule is Cc1cc(C)c(NC(=O)CSc2nncc(=O)n2N)c(C)c1. The first-order chi connectivity index (χ1) is 10.4. The van der Waals surface area contributed by atoms with E-state index in [2.05, 4.69) is 15.5 Å². The van der Waals surface area contributed by atoms with Gasteiger partial charge in [0.1, 0.15) is 6.20 Å². The number of aryl methyl sites for hydroxylation is 3. The van der Waals surface area contributed by atoms with Crippen LogP contribution in [0.4, 0.5) is 5.69 Å². The quantitative estimate of drug-likeness (QED) is 0.644. The van der Waals surface area contributed by atoms with Gasteiger partial charge in [-0.1, -0.05) is 29.5 Å². The first-order valence-corrected chi connectivity index (χ1v) is 7.57. The zero-order valence-electron chi connectivity index (χ0n) is 12.6. The number of carbonyl (C=O) groups is 1. The van der Waals surface area contributed by atoms with Crippen molar-refractivity contribution in [3.63, 3.8) is 0 Å². The first kappa shape index (κ1) is 16.0. The number of benzene rings is 1. The summed E-state index contributed by atoms with van der Waals surface area (Å²) in [6, 6.07) is 4.02. The van der Waals surface area contributed by atoms with Gasteiger partial charge < -0.3 is 11.2 Å². The molecule has 1 heterocycles. The molecular weight excluding hydrogens is 302 g/mol. The minimum atomic E-state index is -0.469. The van der Waals surface area contributed by atoms with Crippen LogP contribution in [0.2, 0.25) is 0 Å². The van der Waals surface area contributed by atoms with Gasteiger partial charge in [-0.3, -0.25) is 9.59 Å². The summed E-state index contributed by atoms with van der Waals surface area (Å²) in [5.41, 5.74) is 3.50. The van der Waals surface area contributed by atoms with E-state index in [-0.39, 0.29) is 16.8 Å². The van der Waals surface area contributed by atoms with Crippen LogP contribution in [0.15, 0.2) is 28.3 Å². The Bertz CT molecular complexity index is 749. The molecule has 0 spiro atoms. The molecule has 2 aromatic rings. The highest BCUT2D eigenvalue weighted by atomic mass is 32.2. The van der Waals surface area contributed by atoms with Gasteiger partial charge in [0.25, 0.3) is 5.56 Å². The van der Waals surface area contributed by atoms with Gasteiger partial charge >= 0.3 is 0 Å². The number of nitrogens with one attached hydrogen (secondary N) is 1. The van der Waals surface area contributed by atoms with Gasteiger partial charge in [0.2, 0.25) is 11.1 Å². The summed E-state index contributed by atoms with van der Waals surface area (Å²) in [5.74, 6) is 5.42. The normalized spacial score (nSPS) is 10.5. The van der Waals surface area contributed by atoms with Gasteiger partial charge in [-0.2, -0.15) is 9.77 Å². The summed E-state index contributed by atoms with van der Waals surface area (Å²) in [4.78, 5) is 23.4. The largest absolute Gasteiger partial charge is 0.334 e. The Hall–Kier alpha value is -2.35. The van der Waals surface area contributed by atoms with E-state index in [4.69, 9.17) is 5.84 Å². The molecule has 0 aliphatic carbocycles. The van der Waals surface area contributed by atoms with Crippen LogP contribution in [0, 0.1) is 20.8 Å². The lowest BCUT2D eigenvalue weighted by Gasteiger charge is -2.12. The molecule has 22 heavy (non-hydrogen) atoms. The fourth-order valence-electron chi connectivity index (χ4n) is 2.11. The van der Waals surface area contributed by atoms with E-state index in [1.807, 2.05) is 32.9 Å². The average Bonchev–Trinajstić information content (AvgIpc) is 2.44. The van der Waals surface area contributed by atoms with E-state index in [0.717, 1.165) is 45.0 Å². The number of nitrogens with zero attached hydrogens (tertiary/aromatic N) is 3. The maximum atomic E-state index is 12.1. The van der Waals surface area contributed by atoms with Gasteiger partial charge in [0.15, 0.2) is 0 Å². The highest BCUT2D eigenvalue weighted by Gasteiger charge is 2.11. The Morgan fingerprint density at radius 3 is 2.59 bits per heavy atom. The number of anilines is 1. The Morgan fingerprint density at radius 2 is 1.95 bits per heavy atom. The second kappa shape index (κ2) is 6.61. The van der Waals surface area contributed by atoms with Gasteiger partial charge in [-0.15, -0.1) is 5.10 Å². The second-order valence-electron chi connectivity index (χ2n) is 4.95. The number of hydrogen-bond acceptors (Lipinski definition) is 6. The Balaban J connectivity index is 2.05. The van der Waals surface area contributed by atoms with Crippen molar-refractivity contribution in [2.24, 2.45) is 0 Å². The minimum Gasteiger partial charge on any atom is -0.334 e. The van der Waals surface area contributed by atoms with Crippen LogP contribution in [0.1, 0.15) is 16.7 Å². The van der Waals surface area contributed by atoms with Crippen LogP contribution >= 0.6 is 11.8 Å². The van der Waals surface area contributed by atoms with Crippen molar-refractivity contribution < 1.29 is 4.79 Å². The summed E-state index contributed by atoms with van der Waals surface area (Å²) in [6.07, 6.45) is 1.02. The number of carbonyl (C=O) groups excluding carboxylic acids is 1. The topological polar surface area (TPSA) is 103 Å². The Morgan fingerprint density at radius 1 is 1.32 bits per heavy atom. The second-order valence-corrected chi connectivity index (χ2v) is 5.89. The van der Waals surface area contributed by atoms with Gasteiger partial charge in [0.05, 0.1) is 5.75 Å². The third-order valence-electron chi connectivity index (χ3n) is 3.03. The van der Waals surface area contributed by atoms with Crippen molar-refractivity contribution in [3.8, 4) is 0 Å². The highest BCUT2D eigenvalue weighted by Crippen LogP contribution is 2.22. The summed E-state index contributed by atoms with van der Waals surface area (Å²) < 4.78 is 0.868. The van der Waals surface area contributed by atoms with E-state index in [1.54, 1.807) is 0 Å². The number of thioether (sulfide) groups is 1. The van der Waals surface area contributed by atoms with Crippen molar-refractivity contribution in [3.05, 3.63) is 45.4 Å². The Kier molecular flexibility index (Phi) is 4.81.